The fourth-order valence-corrected chi connectivity index (χ4v) is 2.68. The molecule has 6 heteroatoms. The molecule has 2 rings (SSSR count). The number of nitrogens with one attached hydrogen (secondary N) is 1. The second-order valence-electron chi connectivity index (χ2n) is 5.82. The molecule has 0 aliphatic heterocycles. The summed E-state index contributed by atoms with van der Waals surface area (Å²) in [5, 5.41) is 4.30. The van der Waals surface area contributed by atoms with Crippen LogP contribution < -0.4 is 19.6 Å². The normalized spacial score (nSPS) is 11.1. The van der Waals surface area contributed by atoms with Gasteiger partial charge in [0.15, 0.2) is 11.5 Å². The van der Waals surface area contributed by atoms with Crippen molar-refractivity contribution in [2.45, 2.75) is 34.1 Å². The predicted molar refractivity (Wildman–Crippen MR) is 111 cm³/mol. The number of amides is 1. The summed E-state index contributed by atoms with van der Waals surface area (Å²) in [7, 11) is 0. The summed E-state index contributed by atoms with van der Waals surface area (Å²) in [5.74, 6) is 1.11. The first-order chi connectivity index (χ1) is 13.6. The van der Waals surface area contributed by atoms with Crippen LogP contribution in [0.3, 0.4) is 0 Å². The van der Waals surface area contributed by atoms with Gasteiger partial charge in [-0.2, -0.15) is 5.10 Å². The van der Waals surface area contributed by atoms with E-state index in [-0.39, 0.29) is 5.91 Å². The van der Waals surface area contributed by atoms with Crippen molar-refractivity contribution in [1.29, 1.82) is 0 Å². The van der Waals surface area contributed by atoms with Crippen molar-refractivity contribution in [3.63, 3.8) is 0 Å². The first-order valence-electron chi connectivity index (χ1n) is 9.63. The molecule has 0 aliphatic carbocycles. The van der Waals surface area contributed by atoms with Gasteiger partial charge in [0.05, 0.1) is 25.5 Å². The van der Waals surface area contributed by atoms with E-state index in [1.807, 2.05) is 58.0 Å². The lowest BCUT2D eigenvalue weighted by atomic mass is 10.1. The Bertz CT molecular complexity index is 776. The zero-order valence-electron chi connectivity index (χ0n) is 17.0. The molecule has 1 N–H and O–H groups in total. The zero-order valence-corrected chi connectivity index (χ0v) is 17.0. The molecular weight excluding hydrogens is 356 g/mol. The Morgan fingerprint density at radius 2 is 1.43 bits per heavy atom. The van der Waals surface area contributed by atoms with E-state index < -0.39 is 0 Å². The molecule has 0 unspecified atom stereocenters. The molecule has 1 amide bonds. The molecule has 0 atom stereocenters. The van der Waals surface area contributed by atoms with E-state index in [0.29, 0.717) is 49.1 Å². The number of nitrogens with zero attached hydrogens (tertiary/aromatic N) is 1. The molecule has 0 spiro atoms. The fourth-order valence-electron chi connectivity index (χ4n) is 2.68. The van der Waals surface area contributed by atoms with E-state index in [0.717, 1.165) is 11.3 Å². The number of hydrogen-bond acceptors (Lipinski definition) is 5. The van der Waals surface area contributed by atoms with E-state index >= 15 is 0 Å². The number of carbonyl (C=O) groups is 1. The molecule has 0 saturated carbocycles. The lowest BCUT2D eigenvalue weighted by Crippen LogP contribution is -2.20. The van der Waals surface area contributed by atoms with Crippen molar-refractivity contribution >= 4 is 11.6 Å². The Morgan fingerprint density at radius 3 is 1.93 bits per heavy atom. The van der Waals surface area contributed by atoms with Gasteiger partial charge in [0, 0.05) is 5.56 Å². The molecule has 2 aromatic rings. The Morgan fingerprint density at radius 1 is 0.857 bits per heavy atom. The highest BCUT2D eigenvalue weighted by Crippen LogP contribution is 2.39. The maximum Gasteiger partial charge on any atom is 0.271 e. The van der Waals surface area contributed by atoms with Crippen LogP contribution in [-0.2, 0) is 0 Å². The molecule has 0 saturated heterocycles. The molecular formula is C22H28N2O4. The highest BCUT2D eigenvalue weighted by atomic mass is 16.5. The van der Waals surface area contributed by atoms with E-state index in [1.54, 1.807) is 12.1 Å². The number of rotatable bonds is 10. The van der Waals surface area contributed by atoms with Crippen LogP contribution in [0.1, 0.15) is 50.0 Å². The summed E-state index contributed by atoms with van der Waals surface area (Å²) in [5.41, 5.74) is 4.80. The van der Waals surface area contributed by atoms with Crippen molar-refractivity contribution in [2.75, 3.05) is 19.8 Å². The van der Waals surface area contributed by atoms with Crippen LogP contribution in [0, 0.1) is 0 Å². The minimum absolute atomic E-state index is 0.341. The average Bonchev–Trinajstić information content (AvgIpc) is 2.71. The van der Waals surface area contributed by atoms with Gasteiger partial charge in [-0.15, -0.1) is 0 Å². The first-order valence-corrected chi connectivity index (χ1v) is 9.63. The second-order valence-corrected chi connectivity index (χ2v) is 5.82. The van der Waals surface area contributed by atoms with Gasteiger partial charge < -0.3 is 14.2 Å². The van der Waals surface area contributed by atoms with E-state index in [1.165, 1.54) is 0 Å². The second kappa shape index (κ2) is 11.0. The van der Waals surface area contributed by atoms with Gasteiger partial charge in [-0.25, -0.2) is 5.43 Å². The first kappa shape index (κ1) is 21.3. The minimum Gasteiger partial charge on any atom is -0.490 e. The van der Waals surface area contributed by atoms with Crippen molar-refractivity contribution in [3.05, 3.63) is 53.6 Å². The largest absolute Gasteiger partial charge is 0.490 e. The number of ether oxygens (including phenoxy) is 3. The van der Waals surface area contributed by atoms with Gasteiger partial charge in [-0.05, 0) is 44.9 Å². The van der Waals surface area contributed by atoms with Crippen LogP contribution in [0.15, 0.2) is 47.6 Å². The van der Waals surface area contributed by atoms with Gasteiger partial charge in [0.2, 0.25) is 5.75 Å². The summed E-state index contributed by atoms with van der Waals surface area (Å²) in [6, 6.07) is 13.1. The summed E-state index contributed by atoms with van der Waals surface area (Å²) in [6.07, 6.45) is 0.696. The van der Waals surface area contributed by atoms with Gasteiger partial charge in [0.1, 0.15) is 0 Å². The van der Waals surface area contributed by atoms with E-state index in [2.05, 4.69) is 10.5 Å². The SMILES string of the molecule is CCOc1cc(C(=O)N/N=C(\CC)c2ccccc2)cc(OCC)c1OCC. The third kappa shape index (κ3) is 5.49. The Labute approximate surface area is 166 Å². The van der Waals surface area contributed by atoms with Gasteiger partial charge in [-0.3, -0.25) is 4.79 Å². The highest BCUT2D eigenvalue weighted by Gasteiger charge is 2.18. The molecule has 0 fully saturated rings. The molecule has 0 radical (unpaired) electrons. The molecule has 0 aromatic heterocycles. The summed E-state index contributed by atoms with van der Waals surface area (Å²) < 4.78 is 17.0. The van der Waals surface area contributed by atoms with Crippen LogP contribution in [0.4, 0.5) is 0 Å². The van der Waals surface area contributed by atoms with Gasteiger partial charge in [-0.1, -0.05) is 37.3 Å². The van der Waals surface area contributed by atoms with Crippen molar-refractivity contribution < 1.29 is 19.0 Å². The maximum atomic E-state index is 12.7. The smallest absolute Gasteiger partial charge is 0.271 e. The lowest BCUT2D eigenvalue weighted by Gasteiger charge is -2.16. The number of hydrazone groups is 1. The zero-order chi connectivity index (χ0) is 20.4. The predicted octanol–water partition coefficient (Wildman–Crippen LogP) is 4.43. The summed E-state index contributed by atoms with van der Waals surface area (Å²) in [4.78, 5) is 12.7. The third-order valence-electron chi connectivity index (χ3n) is 3.91. The summed E-state index contributed by atoms with van der Waals surface area (Å²) in [6.45, 7) is 8.99. The van der Waals surface area contributed by atoms with Crippen LogP contribution >= 0.6 is 0 Å². The van der Waals surface area contributed by atoms with Gasteiger partial charge in [0.25, 0.3) is 5.91 Å². The molecule has 6 nitrogen and oxygen atoms in total. The Hall–Kier alpha value is -3.02. The Balaban J connectivity index is 2.32. The van der Waals surface area contributed by atoms with Crippen LogP contribution in [0.5, 0.6) is 17.2 Å². The van der Waals surface area contributed by atoms with Gasteiger partial charge >= 0.3 is 0 Å². The lowest BCUT2D eigenvalue weighted by molar-refractivity contribution is 0.0953. The number of hydrogen-bond donors (Lipinski definition) is 1. The molecule has 28 heavy (non-hydrogen) atoms. The molecule has 150 valence electrons. The highest BCUT2D eigenvalue weighted by molar-refractivity contribution is 6.02. The van der Waals surface area contributed by atoms with E-state index in [9.17, 15) is 4.79 Å². The summed E-state index contributed by atoms with van der Waals surface area (Å²) >= 11 is 0. The number of carbonyl (C=O) groups excluding carboxylic acids is 1. The Kier molecular flexibility index (Phi) is 8.34. The molecule has 0 bridgehead atoms. The quantitative estimate of drug-likeness (QED) is 0.486. The molecule has 2 aromatic carbocycles. The standard InChI is InChI=1S/C22H28N2O4/c1-5-18(16-12-10-9-11-13-16)23-24-22(25)17-14-19(26-6-2)21(28-8-4)20(15-17)27-7-3/h9-15H,5-8H2,1-4H3,(H,24,25)/b23-18+. The molecule has 0 heterocycles. The van der Waals surface area contributed by atoms with Crippen LogP contribution in [0.2, 0.25) is 0 Å². The number of benzene rings is 2. The van der Waals surface area contributed by atoms with Crippen LogP contribution in [-0.4, -0.2) is 31.4 Å². The molecule has 0 aliphatic rings. The van der Waals surface area contributed by atoms with Crippen LogP contribution in [0.25, 0.3) is 0 Å². The topological polar surface area (TPSA) is 69.2 Å². The average molecular weight is 384 g/mol. The monoisotopic (exact) mass is 384 g/mol. The van der Waals surface area contributed by atoms with Crippen molar-refractivity contribution in [2.24, 2.45) is 5.10 Å². The third-order valence-corrected chi connectivity index (χ3v) is 3.91. The van der Waals surface area contributed by atoms with Crippen molar-refractivity contribution in [1.82, 2.24) is 5.43 Å². The fraction of sp³-hybridized carbons (Fsp3) is 0.364. The van der Waals surface area contributed by atoms with E-state index in [4.69, 9.17) is 14.2 Å². The maximum absolute atomic E-state index is 12.7. The minimum atomic E-state index is -0.341. The van der Waals surface area contributed by atoms with Crippen molar-refractivity contribution in [3.8, 4) is 17.2 Å².